The van der Waals surface area contributed by atoms with E-state index in [1.807, 2.05) is 31.5 Å². The number of nitrogens with one attached hydrogen (secondary N) is 2. The van der Waals surface area contributed by atoms with E-state index in [1.54, 1.807) is 6.07 Å². The number of rotatable bonds is 7. The summed E-state index contributed by atoms with van der Waals surface area (Å²) in [5.74, 6) is 0.452. The number of sulfonamides is 1. The van der Waals surface area contributed by atoms with Crippen LogP contribution in [0.3, 0.4) is 0 Å². The van der Waals surface area contributed by atoms with E-state index in [2.05, 4.69) is 15.1 Å². The van der Waals surface area contributed by atoms with Crippen LogP contribution in [0.2, 0.25) is 0 Å². The standard InChI is InChI=1S/C18H24N4O5S/c1-12-8-13(2)22(21-12)14(3)10-19-18(23)11-20-28(24,25)15-4-5-16-17(9-15)27-7-6-26-16/h4-5,8-9,14,20H,6-7,10-11H2,1-3H3,(H,19,23). The Labute approximate surface area is 164 Å². The van der Waals surface area contributed by atoms with Gasteiger partial charge in [-0.2, -0.15) is 5.10 Å². The van der Waals surface area contributed by atoms with Gasteiger partial charge in [-0.15, -0.1) is 0 Å². The highest BCUT2D eigenvalue weighted by Crippen LogP contribution is 2.32. The first-order valence-electron chi connectivity index (χ1n) is 8.95. The first-order chi connectivity index (χ1) is 13.3. The van der Waals surface area contributed by atoms with E-state index in [9.17, 15) is 13.2 Å². The number of nitrogens with zero attached hydrogens (tertiary/aromatic N) is 2. The molecular formula is C18H24N4O5S. The van der Waals surface area contributed by atoms with Crippen molar-refractivity contribution in [2.24, 2.45) is 0 Å². The molecule has 1 aromatic carbocycles. The first-order valence-corrected chi connectivity index (χ1v) is 10.4. The predicted molar refractivity (Wildman–Crippen MR) is 102 cm³/mol. The van der Waals surface area contributed by atoms with E-state index in [1.165, 1.54) is 12.1 Å². The normalized spacial score (nSPS) is 14.5. The van der Waals surface area contributed by atoms with E-state index in [0.29, 0.717) is 31.3 Å². The Morgan fingerprint density at radius 2 is 1.93 bits per heavy atom. The van der Waals surface area contributed by atoms with Gasteiger partial charge in [0.1, 0.15) is 13.2 Å². The van der Waals surface area contributed by atoms with E-state index in [-0.39, 0.29) is 17.5 Å². The SMILES string of the molecule is Cc1cc(C)n(C(C)CNC(=O)CNS(=O)(=O)c2ccc3c(c2)OCCO3)n1. The summed E-state index contributed by atoms with van der Waals surface area (Å²) in [5, 5.41) is 7.10. The fraction of sp³-hybridized carbons (Fsp3) is 0.444. The Bertz CT molecular complexity index is 970. The molecule has 0 bridgehead atoms. The van der Waals surface area contributed by atoms with Crippen molar-refractivity contribution in [2.45, 2.75) is 31.7 Å². The number of hydrogen-bond donors (Lipinski definition) is 2. The molecule has 0 fully saturated rings. The Morgan fingerprint density at radius 1 is 1.21 bits per heavy atom. The molecule has 10 heteroatoms. The van der Waals surface area contributed by atoms with E-state index >= 15 is 0 Å². The zero-order valence-corrected chi connectivity index (χ0v) is 16.9. The van der Waals surface area contributed by atoms with Crippen molar-refractivity contribution in [2.75, 3.05) is 26.3 Å². The van der Waals surface area contributed by atoms with Gasteiger partial charge in [0.15, 0.2) is 11.5 Å². The highest BCUT2D eigenvalue weighted by atomic mass is 32.2. The predicted octanol–water partition coefficient (Wildman–Crippen LogP) is 0.927. The molecule has 28 heavy (non-hydrogen) atoms. The molecule has 1 aliphatic rings. The quantitative estimate of drug-likeness (QED) is 0.705. The van der Waals surface area contributed by atoms with Crippen molar-refractivity contribution in [3.8, 4) is 11.5 Å². The molecule has 1 unspecified atom stereocenters. The highest BCUT2D eigenvalue weighted by Gasteiger charge is 2.20. The fourth-order valence-electron chi connectivity index (χ4n) is 2.94. The van der Waals surface area contributed by atoms with Crippen LogP contribution in [-0.2, 0) is 14.8 Å². The van der Waals surface area contributed by atoms with Crippen LogP contribution in [0.25, 0.3) is 0 Å². The second kappa shape index (κ2) is 8.19. The summed E-state index contributed by atoms with van der Waals surface area (Å²) in [6, 6.07) is 6.25. The molecule has 3 rings (SSSR count). The van der Waals surface area contributed by atoms with Gasteiger partial charge in [0.25, 0.3) is 0 Å². The Kier molecular flexibility index (Phi) is 5.90. The smallest absolute Gasteiger partial charge is 0.241 e. The Morgan fingerprint density at radius 3 is 2.61 bits per heavy atom. The lowest BCUT2D eigenvalue weighted by atomic mass is 10.3. The van der Waals surface area contributed by atoms with Crippen molar-refractivity contribution in [3.05, 3.63) is 35.7 Å². The second-order valence-electron chi connectivity index (χ2n) is 6.65. The highest BCUT2D eigenvalue weighted by molar-refractivity contribution is 7.89. The van der Waals surface area contributed by atoms with Gasteiger partial charge in [0.2, 0.25) is 15.9 Å². The first kappa shape index (κ1) is 20.2. The summed E-state index contributed by atoms with van der Waals surface area (Å²) in [6.45, 7) is 6.54. The summed E-state index contributed by atoms with van der Waals surface area (Å²) in [6.07, 6.45) is 0. The van der Waals surface area contributed by atoms with E-state index in [4.69, 9.17) is 9.47 Å². The summed E-state index contributed by atoms with van der Waals surface area (Å²) in [7, 11) is -3.85. The zero-order chi connectivity index (χ0) is 20.3. The fourth-order valence-corrected chi connectivity index (χ4v) is 3.93. The van der Waals surface area contributed by atoms with Gasteiger partial charge in [0, 0.05) is 18.3 Å². The molecule has 1 atom stereocenters. The average Bonchev–Trinajstić information content (AvgIpc) is 3.02. The summed E-state index contributed by atoms with van der Waals surface area (Å²) < 4.78 is 39.8. The molecule has 0 saturated carbocycles. The molecule has 2 aromatic rings. The molecule has 1 amide bonds. The largest absolute Gasteiger partial charge is 0.486 e. The van der Waals surface area contributed by atoms with Gasteiger partial charge in [0.05, 0.1) is 23.2 Å². The molecule has 9 nitrogen and oxygen atoms in total. The molecule has 1 aromatic heterocycles. The van der Waals surface area contributed by atoms with Crippen LogP contribution in [-0.4, -0.2) is 50.4 Å². The van der Waals surface area contributed by atoms with Crippen molar-refractivity contribution < 1.29 is 22.7 Å². The summed E-state index contributed by atoms with van der Waals surface area (Å²) in [5.41, 5.74) is 1.90. The van der Waals surface area contributed by atoms with Crippen molar-refractivity contribution in [3.63, 3.8) is 0 Å². The Balaban J connectivity index is 1.54. The lowest BCUT2D eigenvalue weighted by Crippen LogP contribution is -2.39. The molecule has 1 aliphatic heterocycles. The van der Waals surface area contributed by atoms with Crippen molar-refractivity contribution in [1.82, 2.24) is 19.8 Å². The van der Waals surface area contributed by atoms with Crippen LogP contribution in [0.5, 0.6) is 11.5 Å². The van der Waals surface area contributed by atoms with Crippen LogP contribution < -0.4 is 19.5 Å². The lowest BCUT2D eigenvalue weighted by molar-refractivity contribution is -0.120. The lowest BCUT2D eigenvalue weighted by Gasteiger charge is -2.19. The number of carbonyl (C=O) groups is 1. The maximum atomic E-state index is 12.4. The van der Waals surface area contributed by atoms with Crippen LogP contribution in [0.1, 0.15) is 24.4 Å². The van der Waals surface area contributed by atoms with Crippen molar-refractivity contribution >= 4 is 15.9 Å². The molecule has 0 spiro atoms. The summed E-state index contributed by atoms with van der Waals surface area (Å²) in [4.78, 5) is 12.1. The van der Waals surface area contributed by atoms with Gasteiger partial charge in [-0.3, -0.25) is 9.48 Å². The van der Waals surface area contributed by atoms with E-state index < -0.39 is 15.9 Å². The Hall–Kier alpha value is -2.59. The number of aryl methyl sites for hydroxylation is 2. The van der Waals surface area contributed by atoms with Gasteiger partial charge in [-0.05, 0) is 39.0 Å². The van der Waals surface area contributed by atoms with E-state index in [0.717, 1.165) is 11.4 Å². The number of benzene rings is 1. The minimum atomic E-state index is -3.85. The number of aromatic nitrogens is 2. The molecule has 2 heterocycles. The van der Waals surface area contributed by atoms with Crippen molar-refractivity contribution in [1.29, 1.82) is 0 Å². The van der Waals surface area contributed by atoms with Crippen LogP contribution in [0.15, 0.2) is 29.2 Å². The molecule has 152 valence electrons. The van der Waals surface area contributed by atoms with Crippen LogP contribution in [0.4, 0.5) is 0 Å². The third-order valence-corrected chi connectivity index (χ3v) is 5.70. The maximum Gasteiger partial charge on any atom is 0.241 e. The third-order valence-electron chi connectivity index (χ3n) is 4.30. The monoisotopic (exact) mass is 408 g/mol. The maximum absolute atomic E-state index is 12.4. The zero-order valence-electron chi connectivity index (χ0n) is 16.1. The molecule has 0 aliphatic carbocycles. The van der Waals surface area contributed by atoms with Crippen LogP contribution in [0, 0.1) is 13.8 Å². The average molecular weight is 408 g/mol. The minimum absolute atomic E-state index is 0.0144. The topological polar surface area (TPSA) is 112 Å². The molecule has 0 radical (unpaired) electrons. The number of fused-ring (bicyclic) bond motifs is 1. The number of amides is 1. The van der Waals surface area contributed by atoms with Gasteiger partial charge < -0.3 is 14.8 Å². The van der Waals surface area contributed by atoms with Crippen LogP contribution >= 0.6 is 0 Å². The minimum Gasteiger partial charge on any atom is -0.486 e. The van der Waals surface area contributed by atoms with Gasteiger partial charge in [-0.1, -0.05) is 0 Å². The summed E-state index contributed by atoms with van der Waals surface area (Å²) >= 11 is 0. The number of carbonyl (C=O) groups excluding carboxylic acids is 1. The van der Waals surface area contributed by atoms with Gasteiger partial charge >= 0.3 is 0 Å². The second-order valence-corrected chi connectivity index (χ2v) is 8.42. The third kappa shape index (κ3) is 4.63. The molecule has 2 N–H and O–H groups in total. The number of hydrogen-bond acceptors (Lipinski definition) is 6. The molecule has 0 saturated heterocycles. The van der Waals surface area contributed by atoms with Gasteiger partial charge in [-0.25, -0.2) is 13.1 Å². The number of ether oxygens (including phenoxy) is 2. The molecular weight excluding hydrogens is 384 g/mol.